The molecular formula is C14H19N3O3. The molecule has 0 aromatic heterocycles. The molecule has 0 bridgehead atoms. The molecule has 1 aromatic rings. The molecule has 6 nitrogen and oxygen atoms in total. The Morgan fingerprint density at radius 2 is 2.15 bits per heavy atom. The van der Waals surface area contributed by atoms with Crippen molar-refractivity contribution in [1.82, 2.24) is 4.90 Å². The highest BCUT2D eigenvalue weighted by molar-refractivity contribution is 5.87. The van der Waals surface area contributed by atoms with E-state index in [1.807, 2.05) is 32.0 Å². The molecule has 1 aliphatic heterocycles. The Kier molecular flexibility index (Phi) is 4.12. The zero-order valence-electron chi connectivity index (χ0n) is 11.6. The van der Waals surface area contributed by atoms with Gasteiger partial charge in [-0.05, 0) is 26.0 Å². The summed E-state index contributed by atoms with van der Waals surface area (Å²) >= 11 is 0. The van der Waals surface area contributed by atoms with Gasteiger partial charge in [0.2, 0.25) is 5.91 Å². The normalized spacial score (nSPS) is 16.9. The standard InChI is InChI=1S/C14H19N3O3/c1-9(2)17(8-13(15)18)14(19)12-7-16-10-5-3-4-6-11(10)20-12/h3-6,9,12,16H,7-8H2,1-2H3,(H2,15,18). The van der Waals surface area contributed by atoms with Gasteiger partial charge >= 0.3 is 0 Å². The number of fused-ring (bicyclic) bond motifs is 1. The number of benzene rings is 1. The van der Waals surface area contributed by atoms with Gasteiger partial charge in [-0.25, -0.2) is 0 Å². The van der Waals surface area contributed by atoms with Crippen molar-refractivity contribution in [3.05, 3.63) is 24.3 Å². The lowest BCUT2D eigenvalue weighted by molar-refractivity contribution is -0.142. The molecule has 0 saturated heterocycles. The third-order valence-corrected chi connectivity index (χ3v) is 3.14. The number of hydrogen-bond acceptors (Lipinski definition) is 4. The molecule has 0 spiro atoms. The van der Waals surface area contributed by atoms with Gasteiger partial charge in [0, 0.05) is 6.04 Å². The summed E-state index contributed by atoms with van der Waals surface area (Å²) in [6.07, 6.45) is -0.647. The van der Waals surface area contributed by atoms with E-state index >= 15 is 0 Å². The molecule has 0 saturated carbocycles. The van der Waals surface area contributed by atoms with Crippen molar-refractivity contribution in [3.63, 3.8) is 0 Å². The number of anilines is 1. The van der Waals surface area contributed by atoms with Crippen molar-refractivity contribution in [2.24, 2.45) is 5.73 Å². The van der Waals surface area contributed by atoms with Gasteiger partial charge in [-0.1, -0.05) is 12.1 Å². The summed E-state index contributed by atoms with van der Waals surface area (Å²) in [6.45, 7) is 3.95. The van der Waals surface area contributed by atoms with Crippen LogP contribution in [0.15, 0.2) is 24.3 Å². The van der Waals surface area contributed by atoms with Crippen LogP contribution in [0.2, 0.25) is 0 Å². The predicted octanol–water partition coefficient (Wildman–Crippen LogP) is 0.582. The molecular weight excluding hydrogens is 258 g/mol. The second kappa shape index (κ2) is 5.81. The monoisotopic (exact) mass is 277 g/mol. The molecule has 1 heterocycles. The first-order chi connectivity index (χ1) is 9.49. The Hall–Kier alpha value is -2.24. The van der Waals surface area contributed by atoms with Gasteiger partial charge in [0.05, 0.1) is 18.8 Å². The lowest BCUT2D eigenvalue weighted by Crippen LogP contribution is -2.51. The van der Waals surface area contributed by atoms with Crippen LogP contribution in [0.5, 0.6) is 5.75 Å². The van der Waals surface area contributed by atoms with Crippen LogP contribution >= 0.6 is 0 Å². The van der Waals surface area contributed by atoms with Crippen LogP contribution in [-0.4, -0.2) is 41.9 Å². The summed E-state index contributed by atoms with van der Waals surface area (Å²) < 4.78 is 5.70. The van der Waals surface area contributed by atoms with Gasteiger partial charge in [0.25, 0.3) is 5.91 Å². The van der Waals surface area contributed by atoms with Crippen molar-refractivity contribution >= 4 is 17.5 Å². The first kappa shape index (κ1) is 14.2. The van der Waals surface area contributed by atoms with Crippen LogP contribution in [0.3, 0.4) is 0 Å². The number of hydrogen-bond donors (Lipinski definition) is 2. The van der Waals surface area contributed by atoms with E-state index in [0.29, 0.717) is 12.3 Å². The van der Waals surface area contributed by atoms with Crippen LogP contribution in [0.1, 0.15) is 13.8 Å². The number of carbonyl (C=O) groups excluding carboxylic acids is 2. The minimum atomic E-state index is -0.647. The molecule has 0 aliphatic carbocycles. The lowest BCUT2D eigenvalue weighted by atomic mass is 10.2. The number of amides is 2. The molecule has 0 fully saturated rings. The Bertz CT molecular complexity index is 516. The van der Waals surface area contributed by atoms with E-state index in [1.54, 1.807) is 6.07 Å². The number of rotatable bonds is 4. The van der Waals surface area contributed by atoms with Gasteiger partial charge in [0.15, 0.2) is 6.10 Å². The van der Waals surface area contributed by atoms with Crippen LogP contribution < -0.4 is 15.8 Å². The van der Waals surface area contributed by atoms with Crippen LogP contribution in [0, 0.1) is 0 Å². The molecule has 6 heteroatoms. The third kappa shape index (κ3) is 3.01. The van der Waals surface area contributed by atoms with Gasteiger partial charge < -0.3 is 20.7 Å². The van der Waals surface area contributed by atoms with Gasteiger partial charge in [-0.2, -0.15) is 0 Å². The maximum Gasteiger partial charge on any atom is 0.266 e. The number of nitrogens with two attached hydrogens (primary N) is 1. The van der Waals surface area contributed by atoms with Crippen LogP contribution in [0.25, 0.3) is 0 Å². The van der Waals surface area contributed by atoms with Crippen molar-refractivity contribution in [2.45, 2.75) is 26.0 Å². The molecule has 2 rings (SSSR count). The predicted molar refractivity (Wildman–Crippen MR) is 75.4 cm³/mol. The smallest absolute Gasteiger partial charge is 0.266 e. The molecule has 20 heavy (non-hydrogen) atoms. The minimum absolute atomic E-state index is 0.0992. The van der Waals surface area contributed by atoms with E-state index in [4.69, 9.17) is 10.5 Å². The molecule has 1 aromatic carbocycles. The first-order valence-corrected chi connectivity index (χ1v) is 6.57. The number of para-hydroxylation sites is 2. The average molecular weight is 277 g/mol. The SMILES string of the molecule is CC(C)N(CC(N)=O)C(=O)C1CNc2ccccc2O1. The molecule has 1 aliphatic rings. The largest absolute Gasteiger partial charge is 0.477 e. The summed E-state index contributed by atoms with van der Waals surface area (Å²) in [7, 11) is 0. The second-order valence-corrected chi connectivity index (χ2v) is 5.01. The molecule has 108 valence electrons. The molecule has 0 radical (unpaired) electrons. The Morgan fingerprint density at radius 1 is 1.45 bits per heavy atom. The highest BCUT2D eigenvalue weighted by atomic mass is 16.5. The molecule has 1 atom stereocenters. The van der Waals surface area contributed by atoms with E-state index in [-0.39, 0.29) is 18.5 Å². The van der Waals surface area contributed by atoms with Crippen molar-refractivity contribution < 1.29 is 14.3 Å². The van der Waals surface area contributed by atoms with Crippen LogP contribution in [0.4, 0.5) is 5.69 Å². The second-order valence-electron chi connectivity index (χ2n) is 5.01. The topological polar surface area (TPSA) is 84.7 Å². The molecule has 3 N–H and O–H groups in total. The fourth-order valence-electron chi connectivity index (χ4n) is 2.12. The Labute approximate surface area is 117 Å². The summed E-state index contributed by atoms with van der Waals surface area (Å²) in [4.78, 5) is 24.9. The van der Waals surface area contributed by atoms with Crippen LogP contribution in [-0.2, 0) is 9.59 Å². The number of ether oxygens (including phenoxy) is 1. The average Bonchev–Trinajstić information content (AvgIpc) is 2.43. The first-order valence-electron chi connectivity index (χ1n) is 6.57. The summed E-state index contributed by atoms with van der Waals surface area (Å²) in [6, 6.07) is 7.31. The highest BCUT2D eigenvalue weighted by Gasteiger charge is 2.31. The van der Waals surface area contributed by atoms with Gasteiger partial charge in [-0.15, -0.1) is 0 Å². The Morgan fingerprint density at radius 3 is 2.80 bits per heavy atom. The van der Waals surface area contributed by atoms with Crippen molar-refractivity contribution in [3.8, 4) is 5.75 Å². The van der Waals surface area contributed by atoms with Crippen molar-refractivity contribution in [2.75, 3.05) is 18.4 Å². The summed E-state index contributed by atoms with van der Waals surface area (Å²) in [5.74, 6) is -0.128. The number of primary amides is 1. The number of nitrogens with zero attached hydrogens (tertiary/aromatic N) is 1. The molecule has 2 amide bonds. The maximum absolute atomic E-state index is 12.4. The van der Waals surface area contributed by atoms with Gasteiger partial charge in [-0.3, -0.25) is 9.59 Å². The van der Waals surface area contributed by atoms with E-state index < -0.39 is 12.0 Å². The summed E-state index contributed by atoms with van der Waals surface area (Å²) in [5, 5.41) is 3.15. The highest BCUT2D eigenvalue weighted by Crippen LogP contribution is 2.28. The minimum Gasteiger partial charge on any atom is -0.477 e. The number of carbonyl (C=O) groups is 2. The fourth-order valence-corrected chi connectivity index (χ4v) is 2.12. The number of nitrogens with one attached hydrogen (secondary N) is 1. The van der Waals surface area contributed by atoms with E-state index in [2.05, 4.69) is 5.32 Å². The van der Waals surface area contributed by atoms with E-state index in [1.165, 1.54) is 4.90 Å². The van der Waals surface area contributed by atoms with E-state index in [0.717, 1.165) is 5.69 Å². The summed E-state index contributed by atoms with van der Waals surface area (Å²) in [5.41, 5.74) is 6.05. The Balaban J connectivity index is 2.11. The quantitative estimate of drug-likeness (QED) is 0.843. The third-order valence-electron chi connectivity index (χ3n) is 3.14. The lowest BCUT2D eigenvalue weighted by Gasteiger charge is -2.32. The van der Waals surface area contributed by atoms with E-state index in [9.17, 15) is 9.59 Å². The van der Waals surface area contributed by atoms with Crippen molar-refractivity contribution in [1.29, 1.82) is 0 Å². The fraction of sp³-hybridized carbons (Fsp3) is 0.429. The zero-order chi connectivity index (χ0) is 14.7. The maximum atomic E-state index is 12.4. The molecule has 1 unspecified atom stereocenters. The van der Waals surface area contributed by atoms with Gasteiger partial charge in [0.1, 0.15) is 5.75 Å². The zero-order valence-corrected chi connectivity index (χ0v) is 11.6.